The summed E-state index contributed by atoms with van der Waals surface area (Å²) in [6.07, 6.45) is 0. The zero-order chi connectivity index (χ0) is 22.0. The molecule has 0 radical (unpaired) electrons. The van der Waals surface area contributed by atoms with E-state index in [0.717, 1.165) is 27.9 Å². The molecular formula is C25H23N3O3. The van der Waals surface area contributed by atoms with Crippen LogP contribution in [-0.2, 0) is 0 Å². The molecular weight excluding hydrogens is 390 g/mol. The Hall–Kier alpha value is -3.93. The molecule has 0 spiro atoms. The van der Waals surface area contributed by atoms with Gasteiger partial charge in [-0.2, -0.15) is 0 Å². The number of methoxy groups -OCH3 is 1. The van der Waals surface area contributed by atoms with Gasteiger partial charge in [-0.1, -0.05) is 35.9 Å². The number of anilines is 1. The molecule has 0 saturated heterocycles. The van der Waals surface area contributed by atoms with Gasteiger partial charge in [0.05, 0.1) is 12.8 Å². The van der Waals surface area contributed by atoms with Crippen molar-refractivity contribution in [3.8, 4) is 5.75 Å². The molecule has 31 heavy (non-hydrogen) atoms. The fourth-order valence-corrected chi connectivity index (χ4v) is 3.37. The van der Waals surface area contributed by atoms with Gasteiger partial charge in [-0.15, -0.1) is 0 Å². The molecule has 2 aromatic carbocycles. The van der Waals surface area contributed by atoms with E-state index in [1.807, 2.05) is 69.3 Å². The maximum Gasteiger partial charge on any atom is 0.262 e. The maximum atomic E-state index is 13.2. The minimum Gasteiger partial charge on any atom is -0.493 e. The molecule has 1 amide bonds. The summed E-state index contributed by atoms with van der Waals surface area (Å²) in [7, 11) is 1.58. The number of pyridine rings is 1. The number of hydrogen-bond donors (Lipinski definition) is 1. The van der Waals surface area contributed by atoms with Crippen molar-refractivity contribution >= 4 is 28.4 Å². The second kappa shape index (κ2) is 8.44. The summed E-state index contributed by atoms with van der Waals surface area (Å²) in [5.74, 6) is 0.685. The van der Waals surface area contributed by atoms with Crippen LogP contribution in [0.3, 0.4) is 0 Å². The molecule has 0 bridgehead atoms. The fourth-order valence-electron chi connectivity index (χ4n) is 3.37. The van der Waals surface area contributed by atoms with E-state index < -0.39 is 0 Å². The van der Waals surface area contributed by atoms with Crippen LogP contribution in [0.5, 0.6) is 5.75 Å². The van der Waals surface area contributed by atoms with Crippen LogP contribution in [0.15, 0.2) is 70.1 Å². The van der Waals surface area contributed by atoms with Crippen molar-refractivity contribution in [2.75, 3.05) is 12.4 Å². The third kappa shape index (κ3) is 4.33. The van der Waals surface area contributed by atoms with E-state index in [1.54, 1.807) is 19.2 Å². The molecule has 4 rings (SSSR count). The van der Waals surface area contributed by atoms with Crippen molar-refractivity contribution in [1.82, 2.24) is 4.98 Å². The maximum absolute atomic E-state index is 13.2. The number of carbonyl (C=O) groups is 1. The zero-order valence-electron chi connectivity index (χ0n) is 17.9. The smallest absolute Gasteiger partial charge is 0.262 e. The summed E-state index contributed by atoms with van der Waals surface area (Å²) in [4.78, 5) is 22.2. The van der Waals surface area contributed by atoms with E-state index in [2.05, 4.69) is 15.3 Å². The number of fused-ring (bicyclic) bond motifs is 1. The van der Waals surface area contributed by atoms with E-state index in [9.17, 15) is 4.79 Å². The van der Waals surface area contributed by atoms with Crippen molar-refractivity contribution in [3.05, 3.63) is 88.6 Å². The number of carbonyl (C=O) groups excluding carboxylic acids is 1. The third-order valence-corrected chi connectivity index (χ3v) is 4.91. The highest BCUT2D eigenvalue weighted by molar-refractivity contribution is 6.05. The normalized spacial score (nSPS) is 11.5. The Morgan fingerprint density at radius 2 is 1.84 bits per heavy atom. The van der Waals surface area contributed by atoms with Gasteiger partial charge >= 0.3 is 0 Å². The first-order valence-electron chi connectivity index (χ1n) is 9.92. The van der Waals surface area contributed by atoms with Crippen LogP contribution in [0.1, 0.15) is 27.2 Å². The number of ether oxygens (including phenoxy) is 1. The molecule has 4 aromatic rings. The number of amides is 1. The van der Waals surface area contributed by atoms with Crippen LogP contribution >= 0.6 is 0 Å². The Morgan fingerprint density at radius 1 is 1.03 bits per heavy atom. The van der Waals surface area contributed by atoms with Gasteiger partial charge in [0.1, 0.15) is 11.4 Å². The first kappa shape index (κ1) is 20.3. The molecule has 0 atom stereocenters. The molecule has 0 unspecified atom stereocenters. The number of hydrogen-bond acceptors (Lipinski definition) is 5. The Labute approximate surface area is 180 Å². The second-order valence-electron chi connectivity index (χ2n) is 7.36. The number of nitrogens with zero attached hydrogens (tertiary/aromatic N) is 2. The van der Waals surface area contributed by atoms with Crippen molar-refractivity contribution in [2.45, 2.75) is 20.8 Å². The number of para-hydroxylation sites is 1. The molecule has 0 saturated carbocycles. The first-order valence-corrected chi connectivity index (χ1v) is 9.92. The summed E-state index contributed by atoms with van der Waals surface area (Å²) in [6, 6.07) is 18.7. The molecule has 0 aliphatic rings. The van der Waals surface area contributed by atoms with Gasteiger partial charge in [0.25, 0.3) is 5.91 Å². The molecule has 6 nitrogen and oxygen atoms in total. The monoisotopic (exact) mass is 413 g/mol. The number of aryl methyl sites for hydroxylation is 3. The minimum atomic E-state index is -0.352. The molecule has 156 valence electrons. The highest BCUT2D eigenvalue weighted by atomic mass is 16.5. The van der Waals surface area contributed by atoms with E-state index in [-0.39, 0.29) is 11.5 Å². The van der Waals surface area contributed by atoms with E-state index >= 15 is 0 Å². The lowest BCUT2D eigenvalue weighted by atomic mass is 10.1. The van der Waals surface area contributed by atoms with Crippen molar-refractivity contribution in [2.24, 2.45) is 4.99 Å². The molecule has 6 heteroatoms. The number of benzene rings is 2. The van der Waals surface area contributed by atoms with Crippen molar-refractivity contribution in [1.29, 1.82) is 0 Å². The Balaban J connectivity index is 1.91. The first-order chi connectivity index (χ1) is 14.9. The highest BCUT2D eigenvalue weighted by Gasteiger charge is 2.16. The summed E-state index contributed by atoms with van der Waals surface area (Å²) in [5, 5.41) is 3.58. The summed E-state index contributed by atoms with van der Waals surface area (Å²) in [5.41, 5.74) is 4.70. The molecule has 1 N–H and O–H groups in total. The van der Waals surface area contributed by atoms with E-state index in [1.165, 1.54) is 0 Å². The Morgan fingerprint density at radius 3 is 2.58 bits per heavy atom. The summed E-state index contributed by atoms with van der Waals surface area (Å²) < 4.78 is 11.5. The minimum absolute atomic E-state index is 0.203. The number of rotatable bonds is 4. The van der Waals surface area contributed by atoms with Crippen LogP contribution in [0, 0.1) is 20.8 Å². The standard InChI is InChI=1S/C25H23N3O3/c1-15-11-12-20(16(2)13-15)27-25-19(24(29)28-22-10-5-7-17(3)26-22)14-18-8-6-9-21(30-4)23(18)31-25/h5-14H,1-4H3,(H,26,28,29). The highest BCUT2D eigenvalue weighted by Crippen LogP contribution is 2.26. The predicted octanol–water partition coefficient (Wildman–Crippen LogP) is 5.25. The van der Waals surface area contributed by atoms with Gasteiger partial charge in [-0.05, 0) is 56.7 Å². The van der Waals surface area contributed by atoms with Crippen LogP contribution in [0.4, 0.5) is 11.5 Å². The van der Waals surface area contributed by atoms with Gasteiger partial charge in [0.2, 0.25) is 5.55 Å². The van der Waals surface area contributed by atoms with Gasteiger partial charge in [0, 0.05) is 11.1 Å². The topological polar surface area (TPSA) is 76.7 Å². The summed E-state index contributed by atoms with van der Waals surface area (Å²) in [6.45, 7) is 5.87. The van der Waals surface area contributed by atoms with Gasteiger partial charge in [-0.25, -0.2) is 9.98 Å². The lowest BCUT2D eigenvalue weighted by Crippen LogP contribution is -2.22. The average molecular weight is 413 g/mol. The van der Waals surface area contributed by atoms with Crippen molar-refractivity contribution < 1.29 is 13.9 Å². The predicted molar refractivity (Wildman–Crippen MR) is 121 cm³/mol. The lowest BCUT2D eigenvalue weighted by molar-refractivity contribution is 0.102. The number of aromatic nitrogens is 1. The average Bonchev–Trinajstić information content (AvgIpc) is 2.74. The van der Waals surface area contributed by atoms with E-state index in [0.29, 0.717) is 22.7 Å². The van der Waals surface area contributed by atoms with E-state index in [4.69, 9.17) is 9.15 Å². The summed E-state index contributed by atoms with van der Waals surface area (Å²) >= 11 is 0. The largest absolute Gasteiger partial charge is 0.493 e. The van der Waals surface area contributed by atoms with Gasteiger partial charge in [0.15, 0.2) is 11.3 Å². The molecule has 0 aliphatic heterocycles. The Bertz CT molecular complexity index is 1360. The lowest BCUT2D eigenvalue weighted by Gasteiger charge is -2.09. The number of nitrogens with one attached hydrogen (secondary N) is 1. The van der Waals surface area contributed by atoms with Crippen molar-refractivity contribution in [3.63, 3.8) is 0 Å². The molecule has 2 heterocycles. The molecule has 0 aliphatic carbocycles. The van der Waals surface area contributed by atoms with Gasteiger partial charge in [-0.3, -0.25) is 4.79 Å². The van der Waals surface area contributed by atoms with Crippen LogP contribution in [0.2, 0.25) is 0 Å². The quantitative estimate of drug-likeness (QED) is 0.496. The molecule has 2 aromatic heterocycles. The fraction of sp³-hybridized carbons (Fsp3) is 0.160. The second-order valence-corrected chi connectivity index (χ2v) is 7.36. The van der Waals surface area contributed by atoms with Gasteiger partial charge < -0.3 is 14.5 Å². The zero-order valence-corrected chi connectivity index (χ0v) is 17.9. The van der Waals surface area contributed by atoms with Crippen LogP contribution in [0.25, 0.3) is 11.0 Å². The van der Waals surface area contributed by atoms with Crippen LogP contribution in [-0.4, -0.2) is 18.0 Å². The van der Waals surface area contributed by atoms with Crippen LogP contribution < -0.4 is 15.6 Å². The SMILES string of the molecule is COc1cccc2cc(C(=O)Nc3cccc(C)n3)c(=Nc3ccc(C)cc3C)oc12. The Kier molecular flexibility index (Phi) is 5.54. The third-order valence-electron chi connectivity index (χ3n) is 4.91. The molecule has 0 fully saturated rings.